The molecule has 2 rings (SSSR count). The molecular weight excluding hydrogens is 342 g/mol. The number of benzene rings is 1. The van der Waals surface area contributed by atoms with Gasteiger partial charge in [-0.1, -0.05) is 24.3 Å². The predicted octanol–water partition coefficient (Wildman–Crippen LogP) is 1.21. The van der Waals surface area contributed by atoms with Gasteiger partial charge in [0.25, 0.3) is 5.91 Å². The lowest BCUT2D eigenvalue weighted by molar-refractivity contribution is -0.145. The molecular formula is C17H15N3O4S. The summed E-state index contributed by atoms with van der Waals surface area (Å²) < 4.78 is 5.02. The summed E-state index contributed by atoms with van der Waals surface area (Å²) in [7, 11) is 0. The van der Waals surface area contributed by atoms with Crippen molar-refractivity contribution in [1.29, 1.82) is 5.26 Å². The highest BCUT2D eigenvalue weighted by atomic mass is 32.1. The number of nitrogens with one attached hydrogen (secondary N) is 2. The standard InChI is InChI=1S/C17H15N3O4S/c18-8-12-4-1-2-5-13(12)11-24-16(22)10-19-15(21)9-20-17(23)14-6-3-7-25-14/h1-7H,9-11H2,(H,19,21)(H,20,23). The number of ether oxygens (including phenoxy) is 1. The molecule has 0 radical (unpaired) electrons. The van der Waals surface area contributed by atoms with Crippen LogP contribution in [0.1, 0.15) is 20.8 Å². The molecule has 128 valence electrons. The smallest absolute Gasteiger partial charge is 0.325 e. The molecule has 8 heteroatoms. The van der Waals surface area contributed by atoms with Crippen LogP contribution in [0.5, 0.6) is 0 Å². The van der Waals surface area contributed by atoms with Gasteiger partial charge in [-0.05, 0) is 17.5 Å². The highest BCUT2D eigenvalue weighted by Crippen LogP contribution is 2.08. The maximum absolute atomic E-state index is 11.7. The van der Waals surface area contributed by atoms with Crippen LogP contribution in [0.3, 0.4) is 0 Å². The first kappa shape index (κ1) is 18.2. The predicted molar refractivity (Wildman–Crippen MR) is 90.6 cm³/mol. The Labute approximate surface area is 148 Å². The van der Waals surface area contributed by atoms with E-state index in [-0.39, 0.29) is 25.6 Å². The van der Waals surface area contributed by atoms with E-state index in [1.54, 1.807) is 41.8 Å². The summed E-state index contributed by atoms with van der Waals surface area (Å²) in [4.78, 5) is 35.4. The van der Waals surface area contributed by atoms with Crippen LogP contribution < -0.4 is 10.6 Å². The van der Waals surface area contributed by atoms with Crippen molar-refractivity contribution in [1.82, 2.24) is 10.6 Å². The van der Waals surface area contributed by atoms with E-state index in [1.165, 1.54) is 11.3 Å². The molecule has 2 N–H and O–H groups in total. The number of carbonyl (C=O) groups excluding carboxylic acids is 3. The average Bonchev–Trinajstić information content (AvgIpc) is 3.17. The second-order valence-corrected chi connectivity index (χ2v) is 5.81. The van der Waals surface area contributed by atoms with Crippen LogP contribution in [-0.2, 0) is 20.9 Å². The first-order chi connectivity index (χ1) is 12.1. The van der Waals surface area contributed by atoms with Crippen LogP contribution in [0.15, 0.2) is 41.8 Å². The molecule has 0 saturated carbocycles. The summed E-state index contributed by atoms with van der Waals surface area (Å²) in [6, 6.07) is 12.2. The van der Waals surface area contributed by atoms with E-state index in [1.807, 2.05) is 6.07 Å². The third kappa shape index (κ3) is 5.75. The van der Waals surface area contributed by atoms with Gasteiger partial charge in [0.2, 0.25) is 5.91 Å². The van der Waals surface area contributed by atoms with Crippen LogP contribution in [0, 0.1) is 11.3 Å². The van der Waals surface area contributed by atoms with Crippen molar-refractivity contribution >= 4 is 29.1 Å². The Bertz CT molecular complexity index is 796. The number of hydrogen-bond donors (Lipinski definition) is 2. The third-order valence-electron chi connectivity index (χ3n) is 3.11. The summed E-state index contributed by atoms with van der Waals surface area (Å²) >= 11 is 1.27. The highest BCUT2D eigenvalue weighted by Gasteiger charge is 2.11. The maximum atomic E-state index is 11.7. The van der Waals surface area contributed by atoms with E-state index < -0.39 is 11.9 Å². The Morgan fingerprint density at radius 3 is 2.60 bits per heavy atom. The van der Waals surface area contributed by atoms with Crippen molar-refractivity contribution in [2.75, 3.05) is 13.1 Å². The quantitative estimate of drug-likeness (QED) is 0.724. The molecule has 0 bridgehead atoms. The summed E-state index contributed by atoms with van der Waals surface area (Å²) in [5, 5.41) is 15.5. The van der Waals surface area contributed by atoms with Gasteiger partial charge < -0.3 is 15.4 Å². The molecule has 0 spiro atoms. The van der Waals surface area contributed by atoms with Gasteiger partial charge in [0.15, 0.2) is 0 Å². The fourth-order valence-corrected chi connectivity index (χ4v) is 2.49. The Morgan fingerprint density at radius 2 is 1.88 bits per heavy atom. The number of nitriles is 1. The number of hydrogen-bond acceptors (Lipinski definition) is 6. The van der Waals surface area contributed by atoms with E-state index >= 15 is 0 Å². The van der Waals surface area contributed by atoms with Gasteiger partial charge in [-0.25, -0.2) is 0 Å². The number of carbonyl (C=O) groups is 3. The molecule has 2 aromatic rings. The SMILES string of the molecule is N#Cc1ccccc1COC(=O)CNC(=O)CNC(=O)c1cccs1. The van der Waals surface area contributed by atoms with E-state index in [2.05, 4.69) is 10.6 Å². The molecule has 1 aromatic carbocycles. The fraction of sp³-hybridized carbons (Fsp3) is 0.176. The van der Waals surface area contributed by atoms with Crippen LogP contribution in [0.25, 0.3) is 0 Å². The molecule has 0 fully saturated rings. The van der Waals surface area contributed by atoms with Crippen LogP contribution in [0.4, 0.5) is 0 Å². The summed E-state index contributed by atoms with van der Waals surface area (Å²) in [5.74, 6) is -1.48. The molecule has 1 aromatic heterocycles. The largest absolute Gasteiger partial charge is 0.459 e. The van der Waals surface area contributed by atoms with Crippen molar-refractivity contribution in [3.63, 3.8) is 0 Å². The summed E-state index contributed by atoms with van der Waals surface area (Å²) in [6.45, 7) is -0.600. The zero-order valence-electron chi connectivity index (χ0n) is 13.2. The topological polar surface area (TPSA) is 108 Å². The Morgan fingerprint density at radius 1 is 1.08 bits per heavy atom. The normalized spacial score (nSPS) is 9.72. The maximum Gasteiger partial charge on any atom is 0.325 e. The molecule has 25 heavy (non-hydrogen) atoms. The Kier molecular flexibility index (Phi) is 6.68. The van der Waals surface area contributed by atoms with Gasteiger partial charge in [0.05, 0.1) is 23.1 Å². The van der Waals surface area contributed by atoms with Crippen LogP contribution >= 0.6 is 11.3 Å². The molecule has 0 aliphatic heterocycles. The summed E-state index contributed by atoms with van der Waals surface area (Å²) in [5.41, 5.74) is 1.02. The fourth-order valence-electron chi connectivity index (χ4n) is 1.85. The molecule has 1 heterocycles. The lowest BCUT2D eigenvalue weighted by Crippen LogP contribution is -2.39. The lowest BCUT2D eigenvalue weighted by Gasteiger charge is -2.08. The van der Waals surface area contributed by atoms with E-state index in [0.717, 1.165) is 0 Å². The van der Waals surface area contributed by atoms with Gasteiger partial charge >= 0.3 is 5.97 Å². The number of nitrogens with zero attached hydrogens (tertiary/aromatic N) is 1. The monoisotopic (exact) mass is 357 g/mol. The Hall–Kier alpha value is -3.18. The molecule has 2 amide bonds. The lowest BCUT2D eigenvalue weighted by atomic mass is 10.1. The number of thiophene rings is 1. The number of esters is 1. The van der Waals surface area contributed by atoms with Crippen molar-refractivity contribution in [3.8, 4) is 6.07 Å². The molecule has 0 atom stereocenters. The molecule has 0 unspecified atom stereocenters. The van der Waals surface area contributed by atoms with Gasteiger partial charge in [-0.3, -0.25) is 14.4 Å². The van der Waals surface area contributed by atoms with E-state index in [0.29, 0.717) is 16.0 Å². The van der Waals surface area contributed by atoms with Gasteiger partial charge in [-0.2, -0.15) is 5.26 Å². The second kappa shape index (κ2) is 9.20. The average molecular weight is 357 g/mol. The first-order valence-corrected chi connectivity index (χ1v) is 8.20. The minimum absolute atomic E-state index is 0.0481. The molecule has 0 aliphatic rings. The molecule has 7 nitrogen and oxygen atoms in total. The Balaban J connectivity index is 1.68. The van der Waals surface area contributed by atoms with Gasteiger partial charge in [0, 0.05) is 5.56 Å². The third-order valence-corrected chi connectivity index (χ3v) is 3.98. The van der Waals surface area contributed by atoms with Crippen LogP contribution in [0.2, 0.25) is 0 Å². The number of rotatable bonds is 7. The number of amides is 2. The summed E-state index contributed by atoms with van der Waals surface area (Å²) in [6.07, 6.45) is 0. The van der Waals surface area contributed by atoms with E-state index in [9.17, 15) is 14.4 Å². The highest BCUT2D eigenvalue weighted by molar-refractivity contribution is 7.12. The van der Waals surface area contributed by atoms with Gasteiger partial charge in [-0.15, -0.1) is 11.3 Å². The first-order valence-electron chi connectivity index (χ1n) is 7.32. The van der Waals surface area contributed by atoms with Gasteiger partial charge in [0.1, 0.15) is 13.2 Å². The van der Waals surface area contributed by atoms with Crippen molar-refractivity contribution < 1.29 is 19.1 Å². The minimum atomic E-state index is -0.634. The second-order valence-electron chi connectivity index (χ2n) is 4.87. The van der Waals surface area contributed by atoms with Crippen molar-refractivity contribution in [2.45, 2.75) is 6.61 Å². The zero-order valence-corrected chi connectivity index (χ0v) is 14.0. The van der Waals surface area contributed by atoms with Crippen molar-refractivity contribution in [3.05, 3.63) is 57.8 Å². The zero-order chi connectivity index (χ0) is 18.1. The van der Waals surface area contributed by atoms with E-state index in [4.69, 9.17) is 10.00 Å². The molecule has 0 aliphatic carbocycles. The minimum Gasteiger partial charge on any atom is -0.459 e. The van der Waals surface area contributed by atoms with Crippen molar-refractivity contribution in [2.24, 2.45) is 0 Å². The molecule has 0 saturated heterocycles. The van der Waals surface area contributed by atoms with Crippen LogP contribution in [-0.4, -0.2) is 30.9 Å².